The molecule has 1 aromatic rings. The molecule has 0 unspecified atom stereocenters. The molecule has 1 atom stereocenters. The monoisotopic (exact) mass is 274 g/mol. The Bertz CT molecular complexity index is 510. The zero-order valence-corrected chi connectivity index (χ0v) is 11.5. The van der Waals surface area contributed by atoms with Crippen molar-refractivity contribution in [3.05, 3.63) is 29.8 Å². The fraction of sp³-hybridized carbons (Fsp3) is 0.467. The van der Waals surface area contributed by atoms with E-state index in [-0.39, 0.29) is 12.7 Å². The largest absolute Gasteiger partial charge is 0.481 e. The highest BCUT2D eigenvalue weighted by Gasteiger charge is 2.21. The molecule has 1 saturated heterocycles. The maximum Gasteiger partial charge on any atom is 0.344 e. The second kappa shape index (κ2) is 6.92. The van der Waals surface area contributed by atoms with E-state index in [2.05, 4.69) is 4.90 Å². The molecule has 0 amide bonds. The number of nitriles is 1. The number of ether oxygens (including phenoxy) is 2. The molecule has 1 aliphatic heterocycles. The van der Waals surface area contributed by atoms with E-state index in [4.69, 9.17) is 14.7 Å². The average Bonchev–Trinajstić information content (AvgIpc) is 2.45. The zero-order valence-electron chi connectivity index (χ0n) is 11.5. The summed E-state index contributed by atoms with van der Waals surface area (Å²) in [5, 5.41) is 8.92. The van der Waals surface area contributed by atoms with Gasteiger partial charge in [-0.15, -0.1) is 0 Å². The maximum absolute atomic E-state index is 11.7. The molecule has 5 heteroatoms. The molecule has 2 rings (SSSR count). The van der Waals surface area contributed by atoms with Gasteiger partial charge in [0.25, 0.3) is 0 Å². The molecule has 0 aromatic heterocycles. The number of esters is 1. The maximum atomic E-state index is 11.7. The van der Waals surface area contributed by atoms with Gasteiger partial charge in [-0.05, 0) is 38.6 Å². The van der Waals surface area contributed by atoms with E-state index < -0.39 is 5.97 Å². The van der Waals surface area contributed by atoms with Crippen molar-refractivity contribution in [1.29, 1.82) is 5.26 Å². The molecule has 1 heterocycles. The summed E-state index contributed by atoms with van der Waals surface area (Å²) in [5.74, 6) is 0.0192. The van der Waals surface area contributed by atoms with E-state index in [0.29, 0.717) is 11.3 Å². The molecule has 1 fully saturated rings. The van der Waals surface area contributed by atoms with Crippen molar-refractivity contribution in [2.24, 2.45) is 0 Å². The lowest BCUT2D eigenvalue weighted by Crippen LogP contribution is -2.38. The van der Waals surface area contributed by atoms with Gasteiger partial charge in [0.05, 0.1) is 5.56 Å². The van der Waals surface area contributed by atoms with Gasteiger partial charge in [-0.3, -0.25) is 0 Å². The molecule has 0 saturated carbocycles. The Kier molecular flexibility index (Phi) is 4.97. The van der Waals surface area contributed by atoms with E-state index in [1.54, 1.807) is 24.3 Å². The third-order valence-corrected chi connectivity index (χ3v) is 3.23. The van der Waals surface area contributed by atoms with Gasteiger partial charge in [0.15, 0.2) is 6.61 Å². The van der Waals surface area contributed by atoms with Crippen LogP contribution in [0.2, 0.25) is 0 Å². The number of nitrogens with zero attached hydrogens (tertiary/aromatic N) is 2. The first-order chi connectivity index (χ1) is 9.69. The van der Waals surface area contributed by atoms with Crippen LogP contribution in [0, 0.1) is 11.3 Å². The van der Waals surface area contributed by atoms with Crippen LogP contribution in [-0.2, 0) is 9.53 Å². The van der Waals surface area contributed by atoms with Gasteiger partial charge in [0.1, 0.15) is 17.9 Å². The van der Waals surface area contributed by atoms with Crippen LogP contribution in [0.5, 0.6) is 5.75 Å². The highest BCUT2D eigenvalue weighted by Crippen LogP contribution is 2.17. The van der Waals surface area contributed by atoms with Gasteiger partial charge < -0.3 is 14.4 Å². The molecule has 0 radical (unpaired) electrons. The highest BCUT2D eigenvalue weighted by molar-refractivity contribution is 5.71. The second-order valence-corrected chi connectivity index (χ2v) is 4.91. The Hall–Kier alpha value is -2.06. The van der Waals surface area contributed by atoms with Crippen LogP contribution in [0.25, 0.3) is 0 Å². The van der Waals surface area contributed by atoms with Crippen molar-refractivity contribution in [1.82, 2.24) is 4.90 Å². The van der Waals surface area contributed by atoms with Crippen LogP contribution in [0.3, 0.4) is 0 Å². The summed E-state index contributed by atoms with van der Waals surface area (Å²) in [6.07, 6.45) is 1.87. The SMILES string of the molecule is CN1CCC[C@@H](OC(=O)COc2ccccc2C#N)C1. The number of benzene rings is 1. The lowest BCUT2D eigenvalue weighted by atomic mass is 10.1. The Morgan fingerprint density at radius 3 is 3.05 bits per heavy atom. The van der Waals surface area contributed by atoms with Crippen LogP contribution in [0.1, 0.15) is 18.4 Å². The Labute approximate surface area is 118 Å². The number of likely N-dealkylation sites (tertiary alicyclic amines) is 1. The zero-order chi connectivity index (χ0) is 14.4. The first kappa shape index (κ1) is 14.4. The predicted molar refractivity (Wildman–Crippen MR) is 73.3 cm³/mol. The van der Waals surface area contributed by atoms with Crippen molar-refractivity contribution in [3.63, 3.8) is 0 Å². The third kappa shape index (κ3) is 3.97. The average molecular weight is 274 g/mol. The smallest absolute Gasteiger partial charge is 0.344 e. The molecule has 0 N–H and O–H groups in total. The summed E-state index contributed by atoms with van der Waals surface area (Å²) in [7, 11) is 2.01. The van der Waals surface area contributed by atoms with Crippen LogP contribution < -0.4 is 4.74 Å². The van der Waals surface area contributed by atoms with Gasteiger partial charge >= 0.3 is 5.97 Å². The van der Waals surface area contributed by atoms with Crippen LogP contribution >= 0.6 is 0 Å². The molecule has 106 valence electrons. The number of piperidine rings is 1. The molecule has 5 nitrogen and oxygen atoms in total. The topological polar surface area (TPSA) is 62.6 Å². The minimum atomic E-state index is -0.391. The third-order valence-electron chi connectivity index (χ3n) is 3.23. The van der Waals surface area contributed by atoms with Gasteiger partial charge in [0, 0.05) is 6.54 Å². The number of hydrogen-bond acceptors (Lipinski definition) is 5. The number of carbonyl (C=O) groups is 1. The lowest BCUT2D eigenvalue weighted by Gasteiger charge is -2.29. The molecular formula is C15H18N2O3. The Morgan fingerprint density at radius 2 is 2.30 bits per heavy atom. The molecule has 0 aliphatic carbocycles. The number of para-hydroxylation sites is 1. The van der Waals surface area contributed by atoms with E-state index in [0.717, 1.165) is 25.9 Å². The van der Waals surface area contributed by atoms with Crippen LogP contribution in [0.4, 0.5) is 0 Å². The van der Waals surface area contributed by atoms with E-state index in [9.17, 15) is 4.79 Å². The highest BCUT2D eigenvalue weighted by atomic mass is 16.6. The van der Waals surface area contributed by atoms with Gasteiger partial charge in [-0.2, -0.15) is 5.26 Å². The molecular weight excluding hydrogens is 256 g/mol. The number of carbonyl (C=O) groups excluding carboxylic acids is 1. The second-order valence-electron chi connectivity index (χ2n) is 4.91. The van der Waals surface area contributed by atoms with Crippen molar-refractivity contribution in [2.45, 2.75) is 18.9 Å². The number of hydrogen-bond donors (Lipinski definition) is 0. The van der Waals surface area contributed by atoms with Crippen LogP contribution in [0.15, 0.2) is 24.3 Å². The summed E-state index contributed by atoms with van der Waals surface area (Å²) in [5.41, 5.74) is 0.415. The number of likely N-dealkylation sites (N-methyl/N-ethyl adjacent to an activating group) is 1. The fourth-order valence-electron chi connectivity index (χ4n) is 2.26. The van der Waals surface area contributed by atoms with Crippen molar-refractivity contribution >= 4 is 5.97 Å². The minimum absolute atomic E-state index is 0.0592. The van der Waals surface area contributed by atoms with Crippen molar-refractivity contribution < 1.29 is 14.3 Å². The molecule has 20 heavy (non-hydrogen) atoms. The van der Waals surface area contributed by atoms with E-state index >= 15 is 0 Å². The predicted octanol–water partition coefficient (Wildman–Crippen LogP) is 1.57. The summed E-state index contributed by atoms with van der Waals surface area (Å²) in [6.45, 7) is 1.64. The summed E-state index contributed by atoms with van der Waals surface area (Å²) in [6, 6.07) is 8.85. The first-order valence-electron chi connectivity index (χ1n) is 6.69. The summed E-state index contributed by atoms with van der Waals surface area (Å²) >= 11 is 0. The Balaban J connectivity index is 1.82. The van der Waals surface area contributed by atoms with Crippen LogP contribution in [-0.4, -0.2) is 43.7 Å². The molecule has 0 bridgehead atoms. The van der Waals surface area contributed by atoms with E-state index in [1.165, 1.54) is 0 Å². The number of rotatable bonds is 4. The fourth-order valence-corrected chi connectivity index (χ4v) is 2.26. The first-order valence-corrected chi connectivity index (χ1v) is 6.69. The van der Waals surface area contributed by atoms with Gasteiger partial charge in [-0.25, -0.2) is 4.79 Å². The quantitative estimate of drug-likeness (QED) is 0.780. The Morgan fingerprint density at radius 1 is 1.50 bits per heavy atom. The van der Waals surface area contributed by atoms with Crippen molar-refractivity contribution in [2.75, 3.05) is 26.7 Å². The molecule has 1 aliphatic rings. The standard InChI is InChI=1S/C15H18N2O3/c1-17-8-4-6-13(10-17)20-15(18)11-19-14-7-3-2-5-12(14)9-16/h2-3,5,7,13H,4,6,8,10-11H2,1H3/t13-/m1/s1. The minimum Gasteiger partial charge on any atom is -0.481 e. The lowest BCUT2D eigenvalue weighted by molar-refractivity contribution is -0.153. The normalized spacial score (nSPS) is 19.1. The molecule has 1 aromatic carbocycles. The van der Waals surface area contributed by atoms with Gasteiger partial charge in [0.2, 0.25) is 0 Å². The van der Waals surface area contributed by atoms with E-state index in [1.807, 2.05) is 13.1 Å². The molecule has 0 spiro atoms. The van der Waals surface area contributed by atoms with Gasteiger partial charge in [-0.1, -0.05) is 12.1 Å². The summed E-state index contributed by atoms with van der Waals surface area (Å²) in [4.78, 5) is 13.9. The summed E-state index contributed by atoms with van der Waals surface area (Å²) < 4.78 is 10.7. The van der Waals surface area contributed by atoms with Crippen molar-refractivity contribution in [3.8, 4) is 11.8 Å².